The Labute approximate surface area is 198 Å². The first-order valence-electron chi connectivity index (χ1n) is 10.0. The zero-order valence-corrected chi connectivity index (χ0v) is 20.8. The molecule has 5 unspecified atom stereocenters. The summed E-state index contributed by atoms with van der Waals surface area (Å²) in [5.74, 6) is 0.622. The van der Waals surface area contributed by atoms with Gasteiger partial charge in [-0.1, -0.05) is 19.4 Å². The van der Waals surface area contributed by atoms with E-state index in [9.17, 15) is 9.67 Å². The van der Waals surface area contributed by atoms with E-state index in [4.69, 9.17) is 25.5 Å². The monoisotopic (exact) mass is 522 g/mol. The van der Waals surface area contributed by atoms with E-state index in [0.29, 0.717) is 51.4 Å². The Morgan fingerprint density at radius 1 is 1.47 bits per heavy atom. The van der Waals surface area contributed by atoms with E-state index >= 15 is 0 Å². The van der Waals surface area contributed by atoms with Crippen LogP contribution in [0.3, 0.4) is 0 Å². The van der Waals surface area contributed by atoms with E-state index in [2.05, 4.69) is 25.0 Å². The summed E-state index contributed by atoms with van der Waals surface area (Å²) in [5, 5.41) is 14.0. The third-order valence-electron chi connectivity index (χ3n) is 5.12. The first-order chi connectivity index (χ1) is 16.5. The molecule has 0 amide bonds. The van der Waals surface area contributed by atoms with Crippen LogP contribution in [0.4, 0.5) is 11.6 Å². The summed E-state index contributed by atoms with van der Waals surface area (Å²) in [7, 11) is 2.38. The number of aliphatic hydroxyl groups is 1. The quantitative estimate of drug-likeness (QED) is 0.130. The maximum Gasteiger partial charge on any atom is 0.247 e. The molecule has 178 valence electrons. The van der Waals surface area contributed by atoms with Crippen molar-refractivity contribution in [1.29, 1.82) is 0 Å². The highest BCUT2D eigenvalue weighted by molar-refractivity contribution is 8.40. The summed E-state index contributed by atoms with van der Waals surface area (Å²) in [6.45, 7) is 0.132. The highest BCUT2D eigenvalue weighted by Gasteiger charge is 2.35. The number of azide groups is 1. The normalized spacial score (nSPS) is 20.6. The predicted octanol–water partition coefficient (Wildman–Crippen LogP) is 4.07. The van der Waals surface area contributed by atoms with Crippen molar-refractivity contribution < 1.29 is 23.9 Å². The van der Waals surface area contributed by atoms with Crippen LogP contribution < -0.4 is 15.2 Å². The molecule has 34 heavy (non-hydrogen) atoms. The Bertz CT molecular complexity index is 1240. The van der Waals surface area contributed by atoms with Crippen LogP contribution in [0.25, 0.3) is 21.6 Å². The summed E-state index contributed by atoms with van der Waals surface area (Å²) in [6, 6.07) is 5.08. The second kappa shape index (κ2) is 11.2. The lowest BCUT2D eigenvalue weighted by Gasteiger charge is -2.15. The first kappa shape index (κ1) is 24.5. The van der Waals surface area contributed by atoms with Crippen molar-refractivity contribution in [3.63, 3.8) is 0 Å². The minimum absolute atomic E-state index is 0.00719. The first-order valence-corrected chi connectivity index (χ1v) is 14.9. The third-order valence-corrected chi connectivity index (χ3v) is 9.58. The lowest BCUT2D eigenvalue weighted by Crippen LogP contribution is -2.22. The summed E-state index contributed by atoms with van der Waals surface area (Å²) in [4.78, 5) is 15.6. The molecule has 13 nitrogen and oxygen atoms in total. The number of hydrogen-bond donors (Lipinski definition) is 2. The van der Waals surface area contributed by atoms with Crippen molar-refractivity contribution >= 4 is 47.2 Å². The Morgan fingerprint density at radius 2 is 2.32 bits per heavy atom. The number of nitrogens with zero attached hydrogens (tertiary/aromatic N) is 7. The molecule has 1 aliphatic heterocycles. The molecule has 5 atom stereocenters. The zero-order chi connectivity index (χ0) is 24.1. The number of rotatable bonds is 10. The molecule has 0 bridgehead atoms. The third kappa shape index (κ3) is 5.36. The van der Waals surface area contributed by atoms with E-state index in [-0.39, 0.29) is 32.7 Å². The van der Waals surface area contributed by atoms with Crippen molar-refractivity contribution in [2.24, 2.45) is 5.11 Å². The molecule has 0 saturated carbocycles. The van der Waals surface area contributed by atoms with Crippen LogP contribution in [0, 0.1) is 0 Å². The van der Waals surface area contributed by atoms with E-state index in [1.807, 2.05) is 0 Å². The average molecular weight is 522 g/mol. The Morgan fingerprint density at radius 3 is 3.09 bits per heavy atom. The lowest BCUT2D eigenvalue weighted by molar-refractivity contribution is -0.00389. The molecule has 16 heteroatoms. The van der Waals surface area contributed by atoms with Gasteiger partial charge in [0.2, 0.25) is 11.8 Å². The van der Waals surface area contributed by atoms with Crippen molar-refractivity contribution in [3.05, 3.63) is 40.5 Å². The minimum Gasteiger partial charge on any atom is -0.496 e. The van der Waals surface area contributed by atoms with Crippen LogP contribution in [-0.2, 0) is 15.9 Å². The lowest BCUT2D eigenvalue weighted by atomic mass is 10.2. The minimum atomic E-state index is -0.638. The second-order valence-corrected chi connectivity index (χ2v) is 12.7. The van der Waals surface area contributed by atoms with Crippen LogP contribution in [0.5, 0.6) is 11.6 Å². The Kier molecular flexibility index (Phi) is 8.06. The van der Waals surface area contributed by atoms with Gasteiger partial charge >= 0.3 is 0 Å². The van der Waals surface area contributed by atoms with Gasteiger partial charge < -0.3 is 25.1 Å². The molecule has 0 aliphatic carbocycles. The molecule has 1 aromatic carbocycles. The molecule has 1 fully saturated rings. The Balaban J connectivity index is 1.53. The van der Waals surface area contributed by atoms with Crippen molar-refractivity contribution in [2.45, 2.75) is 31.5 Å². The summed E-state index contributed by atoms with van der Waals surface area (Å²) in [6.07, 6.45) is 1.13. The van der Waals surface area contributed by atoms with E-state index < -0.39 is 12.3 Å². The SMILES string of the molecule is COc1cc(COc2nc(N)nc3c2ncn3C2CC(O)C(CPPP=O)O2)ccc1N=[N+]=[N-]. The molecule has 3 N–H and O–H groups in total. The molecular formula is C18H21N8O5P3. The fourth-order valence-electron chi connectivity index (χ4n) is 3.56. The summed E-state index contributed by atoms with van der Waals surface area (Å²) >= 11 is 0. The maximum absolute atomic E-state index is 10.7. The van der Waals surface area contributed by atoms with Gasteiger partial charge in [0.1, 0.15) is 18.6 Å². The van der Waals surface area contributed by atoms with Crippen LogP contribution in [-0.4, -0.2) is 50.1 Å². The predicted molar refractivity (Wildman–Crippen MR) is 130 cm³/mol. The number of nitrogens with two attached hydrogens (primary N) is 1. The van der Waals surface area contributed by atoms with Crippen molar-refractivity contribution in [3.8, 4) is 11.6 Å². The molecule has 3 heterocycles. The molecule has 0 radical (unpaired) electrons. The molecule has 2 aromatic heterocycles. The average Bonchev–Trinajstić information content (AvgIpc) is 3.41. The summed E-state index contributed by atoms with van der Waals surface area (Å²) < 4.78 is 29.6. The van der Waals surface area contributed by atoms with Gasteiger partial charge in [-0.3, -0.25) is 9.13 Å². The molecule has 3 aromatic rings. The number of ether oxygens (including phenoxy) is 3. The van der Waals surface area contributed by atoms with Crippen LogP contribution in [0.2, 0.25) is 0 Å². The molecule has 1 saturated heterocycles. The van der Waals surface area contributed by atoms with Gasteiger partial charge in [0.15, 0.2) is 19.3 Å². The van der Waals surface area contributed by atoms with Gasteiger partial charge in [0.05, 0.1) is 31.3 Å². The fraction of sp³-hybridized carbons (Fsp3) is 0.389. The number of imidazole rings is 1. The number of hydrogen-bond acceptors (Lipinski definition) is 10. The van der Waals surface area contributed by atoms with Gasteiger partial charge in [-0.05, 0) is 37.3 Å². The molecule has 4 rings (SSSR count). The highest BCUT2D eigenvalue weighted by atomic mass is 32.4. The number of nitrogen functional groups attached to an aromatic ring is 1. The standard InChI is InChI=1S/C18H21N8O5P3/c1-29-12-4-9(2-3-10(12)24-25-20)6-30-17-15-16(22-18(19)23-17)26(8-21-15)14-5-11(27)13(31-14)7-32-34-33-28/h2-4,8,11,13-14,27,32,34H,5-7H2,1H3,(H2,19,22,23). The molecule has 1 aliphatic rings. The van der Waals surface area contributed by atoms with Gasteiger partial charge in [-0.15, -0.1) is 0 Å². The number of fused-ring (bicyclic) bond motifs is 1. The number of aromatic nitrogens is 4. The van der Waals surface area contributed by atoms with Gasteiger partial charge in [-0.25, -0.2) is 4.98 Å². The van der Waals surface area contributed by atoms with Gasteiger partial charge in [-0.2, -0.15) is 9.97 Å². The Hall–Kier alpha value is -2.64. The van der Waals surface area contributed by atoms with Crippen molar-refractivity contribution in [1.82, 2.24) is 19.5 Å². The van der Waals surface area contributed by atoms with E-state index in [0.717, 1.165) is 5.56 Å². The van der Waals surface area contributed by atoms with E-state index in [1.165, 1.54) is 7.11 Å². The number of methoxy groups -OCH3 is 1. The molecule has 0 spiro atoms. The van der Waals surface area contributed by atoms with E-state index in [1.54, 1.807) is 29.1 Å². The van der Waals surface area contributed by atoms with Crippen LogP contribution in [0.15, 0.2) is 29.6 Å². The van der Waals surface area contributed by atoms with Crippen LogP contribution in [0.1, 0.15) is 18.2 Å². The van der Waals surface area contributed by atoms with Gasteiger partial charge in [0.25, 0.3) is 0 Å². The summed E-state index contributed by atoms with van der Waals surface area (Å²) in [5.41, 5.74) is 16.5. The zero-order valence-electron chi connectivity index (χ0n) is 17.9. The number of anilines is 1. The number of aliphatic hydroxyl groups excluding tert-OH is 1. The van der Waals surface area contributed by atoms with Gasteiger partial charge in [0, 0.05) is 11.3 Å². The highest BCUT2D eigenvalue weighted by Crippen LogP contribution is 2.48. The molecular weight excluding hydrogens is 501 g/mol. The second-order valence-electron chi connectivity index (χ2n) is 7.21. The fourth-order valence-corrected chi connectivity index (χ4v) is 6.76. The van der Waals surface area contributed by atoms with Crippen LogP contribution >= 0.6 is 24.4 Å². The van der Waals surface area contributed by atoms with Crippen molar-refractivity contribution in [2.75, 3.05) is 19.0 Å². The largest absolute Gasteiger partial charge is 0.496 e. The maximum atomic E-state index is 10.7. The topological polar surface area (TPSA) is 183 Å². The smallest absolute Gasteiger partial charge is 0.247 e. The number of benzene rings is 1.